The van der Waals surface area contributed by atoms with Crippen molar-refractivity contribution in [3.63, 3.8) is 0 Å². The van der Waals surface area contributed by atoms with E-state index in [1.54, 1.807) is 24.3 Å². The average molecular weight is 670 g/mol. The smallest absolute Gasteiger partial charge is 0.251 e. The molecule has 3 unspecified atom stereocenters. The van der Waals surface area contributed by atoms with Crippen molar-refractivity contribution in [1.82, 2.24) is 16.0 Å². The Labute approximate surface area is 292 Å². The summed E-state index contributed by atoms with van der Waals surface area (Å²) in [6, 6.07) is 24.6. The predicted octanol–water partition coefficient (Wildman–Crippen LogP) is 7.36. The van der Waals surface area contributed by atoms with Crippen molar-refractivity contribution in [2.45, 2.75) is 116 Å². The highest BCUT2D eigenvalue weighted by atomic mass is 16.5. The van der Waals surface area contributed by atoms with Crippen LogP contribution in [0.4, 0.5) is 0 Å². The molecule has 0 heterocycles. The molecule has 3 amide bonds. The molecule has 49 heavy (non-hydrogen) atoms. The van der Waals surface area contributed by atoms with Crippen molar-refractivity contribution < 1.29 is 24.2 Å². The molecule has 0 spiro atoms. The highest BCUT2D eigenvalue weighted by Crippen LogP contribution is 2.28. The van der Waals surface area contributed by atoms with Crippen LogP contribution >= 0.6 is 0 Å². The maximum absolute atomic E-state index is 13.7. The van der Waals surface area contributed by atoms with Crippen LogP contribution < -0.4 is 20.7 Å². The lowest BCUT2D eigenvalue weighted by Crippen LogP contribution is -2.53. The van der Waals surface area contributed by atoms with Crippen LogP contribution in [-0.4, -0.2) is 47.1 Å². The van der Waals surface area contributed by atoms with Crippen LogP contribution in [0.5, 0.6) is 11.5 Å². The van der Waals surface area contributed by atoms with Crippen molar-refractivity contribution in [2.75, 3.05) is 0 Å². The molecule has 0 radical (unpaired) electrons. The minimum atomic E-state index is -0.948. The predicted molar refractivity (Wildman–Crippen MR) is 194 cm³/mol. The van der Waals surface area contributed by atoms with Gasteiger partial charge in [0.05, 0.1) is 12.1 Å². The van der Waals surface area contributed by atoms with Crippen LogP contribution in [0, 0.1) is 11.8 Å². The molecule has 3 aromatic carbocycles. The summed E-state index contributed by atoms with van der Waals surface area (Å²) >= 11 is 0. The van der Waals surface area contributed by atoms with Gasteiger partial charge in [-0.2, -0.15) is 0 Å². The highest BCUT2D eigenvalue weighted by molar-refractivity contribution is 5.94. The minimum Gasteiger partial charge on any atom is -0.457 e. The third-order valence-corrected chi connectivity index (χ3v) is 9.77. The molecule has 1 aliphatic carbocycles. The summed E-state index contributed by atoms with van der Waals surface area (Å²) in [5.41, 5.74) is 1.40. The average Bonchev–Trinajstić information content (AvgIpc) is 3.11. The van der Waals surface area contributed by atoms with Gasteiger partial charge in [-0.25, -0.2) is 0 Å². The highest BCUT2D eigenvalue weighted by Gasteiger charge is 2.30. The summed E-state index contributed by atoms with van der Waals surface area (Å²) in [4.78, 5) is 39.3. The molecule has 0 bridgehead atoms. The number of para-hydroxylation sites is 1. The van der Waals surface area contributed by atoms with Crippen LogP contribution in [0.2, 0.25) is 0 Å². The number of nitrogens with one attached hydrogen (secondary N) is 3. The number of rotatable bonds is 18. The van der Waals surface area contributed by atoms with E-state index in [4.69, 9.17) is 4.74 Å². The Bertz CT molecular complexity index is 1440. The second kappa shape index (κ2) is 19.7. The third kappa shape index (κ3) is 12.7. The molecule has 4 rings (SSSR count). The van der Waals surface area contributed by atoms with E-state index >= 15 is 0 Å². The van der Waals surface area contributed by atoms with Crippen LogP contribution in [0.25, 0.3) is 0 Å². The molecule has 4 N–H and O–H groups in total. The second-order valence-electron chi connectivity index (χ2n) is 13.7. The quantitative estimate of drug-likeness (QED) is 0.113. The van der Waals surface area contributed by atoms with Crippen LogP contribution in [0.1, 0.15) is 101 Å². The van der Waals surface area contributed by atoms with E-state index in [1.807, 2.05) is 74.5 Å². The molecular formula is C41H55N3O5. The molecule has 0 aliphatic heterocycles. The fourth-order valence-corrected chi connectivity index (χ4v) is 6.77. The zero-order valence-electron chi connectivity index (χ0n) is 29.4. The van der Waals surface area contributed by atoms with Gasteiger partial charge in [0.15, 0.2) is 0 Å². The second-order valence-corrected chi connectivity index (χ2v) is 13.7. The van der Waals surface area contributed by atoms with Crippen LogP contribution in [0.15, 0.2) is 84.9 Å². The molecule has 1 aliphatic rings. The maximum Gasteiger partial charge on any atom is 0.251 e. The topological polar surface area (TPSA) is 117 Å². The number of hydrogen-bond acceptors (Lipinski definition) is 5. The lowest BCUT2D eigenvalue weighted by atomic mass is 9.85. The van der Waals surface area contributed by atoms with Gasteiger partial charge in [-0.15, -0.1) is 0 Å². The minimum absolute atomic E-state index is 0.0523. The number of aliphatic hydroxyl groups is 1. The van der Waals surface area contributed by atoms with Gasteiger partial charge in [-0.3, -0.25) is 14.4 Å². The fourth-order valence-electron chi connectivity index (χ4n) is 6.77. The Hall–Kier alpha value is -4.17. The van der Waals surface area contributed by atoms with Gasteiger partial charge in [0.2, 0.25) is 11.8 Å². The first kappa shape index (κ1) is 37.6. The summed E-state index contributed by atoms with van der Waals surface area (Å²) in [5.74, 6) is 1.05. The van der Waals surface area contributed by atoms with Crippen molar-refractivity contribution in [3.8, 4) is 11.5 Å². The SMILES string of the molecule is CCC(C)[C@H](NC(C)=O)C(=O)NC(CCCC1CCCCC1)C[C@H](O)C(Cc1ccccc1)NC(=O)c1cccc(Oc2ccccc2)c1. The third-order valence-electron chi connectivity index (χ3n) is 9.77. The first-order chi connectivity index (χ1) is 23.7. The Morgan fingerprint density at radius 1 is 0.857 bits per heavy atom. The molecule has 0 aromatic heterocycles. The van der Waals surface area contributed by atoms with Crippen LogP contribution in [0.3, 0.4) is 0 Å². The molecule has 8 nitrogen and oxygen atoms in total. The Morgan fingerprint density at radius 2 is 1.53 bits per heavy atom. The summed E-state index contributed by atoms with van der Waals surface area (Å²) in [6.45, 7) is 5.38. The molecule has 1 saturated carbocycles. The number of ether oxygens (including phenoxy) is 1. The zero-order chi connectivity index (χ0) is 35.0. The maximum atomic E-state index is 13.7. The molecule has 0 saturated heterocycles. The number of amides is 3. The van der Waals surface area contributed by atoms with Gasteiger partial charge in [0.25, 0.3) is 5.91 Å². The first-order valence-electron chi connectivity index (χ1n) is 18.1. The normalized spacial score (nSPS) is 16.4. The molecular weight excluding hydrogens is 614 g/mol. The lowest BCUT2D eigenvalue weighted by Gasteiger charge is -2.31. The Balaban J connectivity index is 1.51. The van der Waals surface area contributed by atoms with Gasteiger partial charge in [-0.05, 0) is 67.0 Å². The summed E-state index contributed by atoms with van der Waals surface area (Å²) in [5, 5.41) is 21.0. The molecule has 264 valence electrons. The van der Waals surface area contributed by atoms with E-state index in [0.29, 0.717) is 35.8 Å². The largest absolute Gasteiger partial charge is 0.457 e. The van der Waals surface area contributed by atoms with Crippen molar-refractivity contribution in [2.24, 2.45) is 11.8 Å². The Kier molecular flexibility index (Phi) is 15.2. The Morgan fingerprint density at radius 3 is 2.20 bits per heavy atom. The number of carbonyl (C=O) groups excluding carboxylic acids is 3. The fraction of sp³-hybridized carbons (Fsp3) is 0.488. The standard InChI is InChI=1S/C41H55N3O5/c1-4-29(2)39(42-30(3)45)41(48)43-34(22-14-20-31-16-8-5-9-17-31)28-38(46)37(26-32-18-10-6-11-19-32)44-40(47)33-21-15-25-36(27-33)49-35-23-12-7-13-24-35/h6-7,10-13,15,18-19,21,23-25,27,29,31,34,37-39,46H,4-5,8-9,14,16-17,20,22,26,28H2,1-3H3,(H,42,45)(H,43,48)(H,44,47)/t29?,34?,37?,38-,39-/m0/s1. The van der Waals surface area contributed by atoms with E-state index in [2.05, 4.69) is 16.0 Å². The molecule has 8 heteroatoms. The van der Waals surface area contributed by atoms with E-state index in [1.165, 1.54) is 39.0 Å². The first-order valence-corrected chi connectivity index (χ1v) is 18.1. The van der Waals surface area contributed by atoms with E-state index in [0.717, 1.165) is 24.8 Å². The van der Waals surface area contributed by atoms with Crippen molar-refractivity contribution >= 4 is 17.7 Å². The zero-order valence-corrected chi connectivity index (χ0v) is 29.4. The number of aliphatic hydroxyl groups excluding tert-OH is 1. The monoisotopic (exact) mass is 669 g/mol. The molecule has 1 fully saturated rings. The van der Waals surface area contributed by atoms with Gasteiger partial charge in [0, 0.05) is 18.5 Å². The lowest BCUT2D eigenvalue weighted by molar-refractivity contribution is -0.130. The van der Waals surface area contributed by atoms with E-state index < -0.39 is 18.2 Å². The molecule has 3 aromatic rings. The number of carbonyl (C=O) groups is 3. The number of hydrogen-bond donors (Lipinski definition) is 4. The van der Waals surface area contributed by atoms with Gasteiger partial charge >= 0.3 is 0 Å². The van der Waals surface area contributed by atoms with E-state index in [9.17, 15) is 19.5 Å². The summed E-state index contributed by atoms with van der Waals surface area (Å²) in [6.07, 6.45) is 9.55. The van der Waals surface area contributed by atoms with E-state index in [-0.39, 0.29) is 36.1 Å². The van der Waals surface area contributed by atoms with Gasteiger partial charge < -0.3 is 25.8 Å². The van der Waals surface area contributed by atoms with Gasteiger partial charge in [-0.1, -0.05) is 120 Å². The summed E-state index contributed by atoms with van der Waals surface area (Å²) in [7, 11) is 0. The van der Waals surface area contributed by atoms with Crippen molar-refractivity contribution in [3.05, 3.63) is 96.1 Å². The van der Waals surface area contributed by atoms with Gasteiger partial charge in [0.1, 0.15) is 17.5 Å². The summed E-state index contributed by atoms with van der Waals surface area (Å²) < 4.78 is 5.96. The molecule has 5 atom stereocenters. The number of benzene rings is 3. The van der Waals surface area contributed by atoms with Crippen LogP contribution in [-0.2, 0) is 16.0 Å². The van der Waals surface area contributed by atoms with Crippen molar-refractivity contribution in [1.29, 1.82) is 0 Å².